The fraction of sp³-hybridized carbons (Fsp3) is 0.364. The topological polar surface area (TPSA) is 99.2 Å². The second kappa shape index (κ2) is 12.1. The molecule has 1 saturated heterocycles. The minimum absolute atomic E-state index is 0.0516. The lowest BCUT2D eigenvalue weighted by Crippen LogP contribution is -2.63. The number of piperidine rings is 1. The highest BCUT2D eigenvalue weighted by Crippen LogP contribution is 2.44. The van der Waals surface area contributed by atoms with Crippen molar-refractivity contribution in [2.45, 2.75) is 37.8 Å². The lowest BCUT2D eigenvalue weighted by molar-refractivity contribution is -0.145. The molecular formula is C33H37N3O5. The number of nitrogens with zero attached hydrogens (tertiary/aromatic N) is 2. The number of fused-ring (bicyclic) bond motifs is 3. The van der Waals surface area contributed by atoms with Gasteiger partial charge in [0.1, 0.15) is 12.1 Å². The highest BCUT2D eigenvalue weighted by atomic mass is 16.5. The Balaban J connectivity index is 1.29. The molecule has 5 rings (SSSR count). The second-order valence-electron chi connectivity index (χ2n) is 11.2. The third kappa shape index (κ3) is 6.12. The number of carbonyl (C=O) groups is 3. The van der Waals surface area contributed by atoms with E-state index in [-0.39, 0.29) is 25.0 Å². The van der Waals surface area contributed by atoms with Crippen molar-refractivity contribution in [2.75, 3.05) is 33.3 Å². The van der Waals surface area contributed by atoms with E-state index in [1.54, 1.807) is 14.0 Å². The first kappa shape index (κ1) is 28.4. The van der Waals surface area contributed by atoms with Gasteiger partial charge in [0.2, 0.25) is 5.91 Å². The molecule has 1 aliphatic carbocycles. The molecule has 2 aliphatic rings. The van der Waals surface area contributed by atoms with Gasteiger partial charge in [0, 0.05) is 39.1 Å². The van der Waals surface area contributed by atoms with Crippen LogP contribution in [0.4, 0.5) is 4.79 Å². The highest BCUT2D eigenvalue weighted by molar-refractivity contribution is 5.90. The maximum atomic E-state index is 13.8. The van der Waals surface area contributed by atoms with Crippen LogP contribution in [0.2, 0.25) is 0 Å². The Kier molecular flexibility index (Phi) is 8.40. The van der Waals surface area contributed by atoms with Crippen molar-refractivity contribution in [3.63, 3.8) is 0 Å². The van der Waals surface area contributed by atoms with Crippen LogP contribution in [0.3, 0.4) is 0 Å². The van der Waals surface area contributed by atoms with Gasteiger partial charge in [0.15, 0.2) is 0 Å². The van der Waals surface area contributed by atoms with Crippen LogP contribution in [0.1, 0.15) is 42.4 Å². The second-order valence-corrected chi connectivity index (χ2v) is 11.2. The van der Waals surface area contributed by atoms with Crippen molar-refractivity contribution in [3.8, 4) is 11.1 Å². The van der Waals surface area contributed by atoms with Crippen LogP contribution in [0, 0.1) is 5.92 Å². The molecular weight excluding hydrogens is 518 g/mol. The summed E-state index contributed by atoms with van der Waals surface area (Å²) in [6.07, 6.45) is 0.153. The maximum Gasteiger partial charge on any atom is 0.408 e. The molecule has 3 aromatic rings. The van der Waals surface area contributed by atoms with E-state index in [4.69, 9.17) is 4.74 Å². The van der Waals surface area contributed by atoms with Gasteiger partial charge in [-0.3, -0.25) is 14.5 Å². The minimum Gasteiger partial charge on any atom is -0.481 e. The maximum absolute atomic E-state index is 13.8. The average molecular weight is 556 g/mol. The molecule has 8 nitrogen and oxygen atoms in total. The third-order valence-electron chi connectivity index (χ3n) is 8.37. The lowest BCUT2D eigenvalue weighted by atomic mass is 9.85. The van der Waals surface area contributed by atoms with Crippen molar-refractivity contribution in [3.05, 3.63) is 95.6 Å². The number of hydrogen-bond donors (Lipinski definition) is 2. The first-order valence-corrected chi connectivity index (χ1v) is 14.2. The first-order valence-electron chi connectivity index (χ1n) is 14.2. The predicted octanol–water partition coefficient (Wildman–Crippen LogP) is 4.74. The number of carboxylic acid groups (broad SMARTS) is 1. The number of hydrogen-bond acceptors (Lipinski definition) is 5. The van der Waals surface area contributed by atoms with E-state index in [9.17, 15) is 19.5 Å². The van der Waals surface area contributed by atoms with Gasteiger partial charge < -0.3 is 20.1 Å². The molecule has 3 aromatic carbocycles. The zero-order valence-corrected chi connectivity index (χ0v) is 23.6. The van der Waals surface area contributed by atoms with Gasteiger partial charge >= 0.3 is 12.1 Å². The zero-order valence-electron chi connectivity index (χ0n) is 23.6. The van der Waals surface area contributed by atoms with E-state index < -0.39 is 23.5 Å². The monoisotopic (exact) mass is 555 g/mol. The van der Waals surface area contributed by atoms with Gasteiger partial charge in [0.25, 0.3) is 0 Å². The van der Waals surface area contributed by atoms with Gasteiger partial charge in [-0.05, 0) is 40.7 Å². The Morgan fingerprint density at radius 2 is 1.51 bits per heavy atom. The summed E-state index contributed by atoms with van der Waals surface area (Å²) in [7, 11) is 1.60. The average Bonchev–Trinajstić information content (AvgIpc) is 3.31. The summed E-state index contributed by atoms with van der Waals surface area (Å²) in [5, 5.41) is 12.3. The number of rotatable bonds is 9. The van der Waals surface area contributed by atoms with Gasteiger partial charge in [0.05, 0.1) is 5.92 Å². The molecule has 2 N–H and O–H groups in total. The molecule has 2 amide bonds. The molecule has 0 spiro atoms. The largest absolute Gasteiger partial charge is 0.481 e. The van der Waals surface area contributed by atoms with Crippen molar-refractivity contribution in [2.24, 2.45) is 5.92 Å². The van der Waals surface area contributed by atoms with Gasteiger partial charge in [-0.15, -0.1) is 0 Å². The number of likely N-dealkylation sites (tertiary alicyclic amines) is 1. The Labute approximate surface area is 240 Å². The lowest BCUT2D eigenvalue weighted by Gasteiger charge is -2.42. The fourth-order valence-electron chi connectivity index (χ4n) is 6.09. The number of alkyl carbamates (subject to hydrolysis) is 1. The Bertz CT molecular complexity index is 1360. The standard InChI is InChI=1S/C33H37N3O5/c1-23(30(37)38)20-35(2)31(39)33(16-18-36(19-17-33)21-24-10-4-3-5-11-24)34-32(40)41-22-29-27-14-8-6-12-25(27)26-13-7-9-15-28(26)29/h3-15,23,29H,16-22H2,1-2H3,(H,34,40)(H,37,38). The van der Waals surface area contributed by atoms with E-state index in [2.05, 4.69) is 46.6 Å². The van der Waals surface area contributed by atoms with Crippen LogP contribution in [0.25, 0.3) is 11.1 Å². The number of likely N-dealkylation sites (N-methyl/N-ethyl adjacent to an activating group) is 1. The minimum atomic E-state index is -1.18. The van der Waals surface area contributed by atoms with Crippen LogP contribution in [-0.2, 0) is 20.9 Å². The van der Waals surface area contributed by atoms with Crippen LogP contribution >= 0.6 is 0 Å². The molecule has 0 radical (unpaired) electrons. The number of ether oxygens (including phenoxy) is 1. The number of benzene rings is 3. The van der Waals surface area contributed by atoms with Crippen LogP contribution < -0.4 is 5.32 Å². The molecule has 1 heterocycles. The third-order valence-corrected chi connectivity index (χ3v) is 8.37. The quantitative estimate of drug-likeness (QED) is 0.396. The molecule has 1 unspecified atom stereocenters. The summed E-state index contributed by atoms with van der Waals surface area (Å²) in [5.74, 6) is -2.08. The van der Waals surface area contributed by atoms with Gasteiger partial charge in [-0.1, -0.05) is 85.8 Å². The summed E-state index contributed by atoms with van der Waals surface area (Å²) in [4.78, 5) is 42.3. The summed E-state index contributed by atoms with van der Waals surface area (Å²) in [5.41, 5.74) is 4.52. The summed E-state index contributed by atoms with van der Waals surface area (Å²) in [6, 6.07) is 26.4. The van der Waals surface area contributed by atoms with Crippen molar-refractivity contribution in [1.29, 1.82) is 0 Å². The Morgan fingerprint density at radius 1 is 0.951 bits per heavy atom. The van der Waals surface area contributed by atoms with E-state index in [1.807, 2.05) is 42.5 Å². The van der Waals surface area contributed by atoms with Gasteiger partial charge in [-0.2, -0.15) is 0 Å². The van der Waals surface area contributed by atoms with Crippen molar-refractivity contribution in [1.82, 2.24) is 15.1 Å². The van der Waals surface area contributed by atoms with Crippen LogP contribution in [0.5, 0.6) is 0 Å². The molecule has 0 bridgehead atoms. The molecule has 0 saturated carbocycles. The molecule has 0 aromatic heterocycles. The molecule has 41 heavy (non-hydrogen) atoms. The number of carboxylic acids is 1. The predicted molar refractivity (Wildman–Crippen MR) is 156 cm³/mol. The normalized spacial score (nSPS) is 16.7. The molecule has 8 heteroatoms. The van der Waals surface area contributed by atoms with Crippen molar-refractivity contribution < 1.29 is 24.2 Å². The summed E-state index contributed by atoms with van der Waals surface area (Å²) >= 11 is 0. The Morgan fingerprint density at radius 3 is 2.10 bits per heavy atom. The van der Waals surface area contributed by atoms with Crippen molar-refractivity contribution >= 4 is 18.0 Å². The first-order chi connectivity index (χ1) is 19.8. The zero-order chi connectivity index (χ0) is 29.0. The van der Waals surface area contributed by atoms with Crippen LogP contribution in [0.15, 0.2) is 78.9 Å². The molecule has 1 atom stereocenters. The Hall–Kier alpha value is -4.17. The van der Waals surface area contributed by atoms with E-state index in [0.29, 0.717) is 25.9 Å². The molecule has 214 valence electrons. The highest BCUT2D eigenvalue weighted by Gasteiger charge is 2.45. The SMILES string of the molecule is CC(CN(C)C(=O)C1(NC(=O)OCC2c3ccccc3-c3ccccc32)CCN(Cc2ccccc2)CC1)C(=O)O. The molecule has 1 aliphatic heterocycles. The number of carbonyl (C=O) groups excluding carboxylic acids is 2. The van der Waals surface area contributed by atoms with E-state index in [0.717, 1.165) is 28.8 Å². The van der Waals surface area contributed by atoms with E-state index >= 15 is 0 Å². The number of aliphatic carboxylic acids is 1. The summed E-state index contributed by atoms with van der Waals surface area (Å²) < 4.78 is 5.81. The van der Waals surface area contributed by atoms with E-state index in [1.165, 1.54) is 10.5 Å². The molecule has 1 fully saturated rings. The van der Waals surface area contributed by atoms with Gasteiger partial charge in [-0.25, -0.2) is 4.79 Å². The number of nitrogens with one attached hydrogen (secondary N) is 1. The smallest absolute Gasteiger partial charge is 0.408 e. The number of amides is 2. The summed E-state index contributed by atoms with van der Waals surface area (Å²) in [6.45, 7) is 3.73. The fourth-order valence-corrected chi connectivity index (χ4v) is 6.09. The van der Waals surface area contributed by atoms with Crippen LogP contribution in [-0.4, -0.2) is 71.7 Å².